The Morgan fingerprint density at radius 2 is 1.44 bits per heavy atom. The minimum absolute atomic E-state index is 0.0161. The Labute approximate surface area is 101 Å². The summed E-state index contributed by atoms with van der Waals surface area (Å²) in [6.07, 6.45) is 0. The van der Waals surface area contributed by atoms with E-state index >= 15 is 0 Å². The van der Waals surface area contributed by atoms with Crippen molar-refractivity contribution >= 4 is 12.6 Å². The normalized spacial score (nSPS) is 10.5. The molecule has 0 radical (unpaired) electrons. The molecule has 0 saturated carbocycles. The standard InChI is InChI=1S/C12H8BF3O2/c14-10-6-5-8(11(15)12(10)16)7-3-1-2-4-9(7)13(17)18/h1-6,17-18H. The van der Waals surface area contributed by atoms with Gasteiger partial charge in [0, 0.05) is 5.56 Å². The summed E-state index contributed by atoms with van der Waals surface area (Å²) in [7, 11) is -1.83. The van der Waals surface area contributed by atoms with E-state index in [4.69, 9.17) is 10.0 Å². The Morgan fingerprint density at radius 3 is 2.11 bits per heavy atom. The van der Waals surface area contributed by atoms with E-state index in [0.29, 0.717) is 0 Å². The molecule has 2 nitrogen and oxygen atoms in total. The number of benzene rings is 2. The highest BCUT2D eigenvalue weighted by Gasteiger charge is 2.21. The van der Waals surface area contributed by atoms with Gasteiger partial charge in [-0.05, 0) is 23.2 Å². The van der Waals surface area contributed by atoms with Gasteiger partial charge in [0.2, 0.25) is 0 Å². The van der Waals surface area contributed by atoms with Gasteiger partial charge in [0.1, 0.15) is 0 Å². The zero-order valence-corrected chi connectivity index (χ0v) is 9.07. The highest BCUT2D eigenvalue weighted by Crippen LogP contribution is 2.24. The fourth-order valence-electron chi connectivity index (χ4n) is 1.70. The van der Waals surface area contributed by atoms with Crippen LogP contribution in [0.25, 0.3) is 11.1 Å². The van der Waals surface area contributed by atoms with E-state index in [1.165, 1.54) is 24.3 Å². The Morgan fingerprint density at radius 1 is 0.778 bits per heavy atom. The van der Waals surface area contributed by atoms with Crippen LogP contribution in [0.5, 0.6) is 0 Å². The van der Waals surface area contributed by atoms with Gasteiger partial charge in [0.25, 0.3) is 0 Å². The van der Waals surface area contributed by atoms with Gasteiger partial charge in [0.05, 0.1) is 0 Å². The number of rotatable bonds is 2. The highest BCUT2D eigenvalue weighted by molar-refractivity contribution is 6.60. The molecule has 0 aromatic heterocycles. The first kappa shape index (κ1) is 12.7. The zero-order chi connectivity index (χ0) is 13.3. The van der Waals surface area contributed by atoms with E-state index in [2.05, 4.69) is 0 Å². The van der Waals surface area contributed by atoms with Crippen molar-refractivity contribution in [2.24, 2.45) is 0 Å². The van der Waals surface area contributed by atoms with Crippen molar-refractivity contribution in [3.63, 3.8) is 0 Å². The molecule has 0 fully saturated rings. The Kier molecular flexibility index (Phi) is 3.40. The van der Waals surface area contributed by atoms with E-state index in [1.807, 2.05) is 0 Å². The summed E-state index contributed by atoms with van der Waals surface area (Å²) >= 11 is 0. The monoisotopic (exact) mass is 252 g/mol. The van der Waals surface area contributed by atoms with Crippen molar-refractivity contribution < 1.29 is 23.2 Å². The van der Waals surface area contributed by atoms with Crippen molar-refractivity contribution in [2.45, 2.75) is 0 Å². The minimum Gasteiger partial charge on any atom is -0.423 e. The number of hydrogen-bond acceptors (Lipinski definition) is 2. The van der Waals surface area contributed by atoms with E-state index < -0.39 is 24.6 Å². The third-order valence-electron chi connectivity index (χ3n) is 2.56. The molecule has 0 heterocycles. The fraction of sp³-hybridized carbons (Fsp3) is 0. The second-order valence-corrected chi connectivity index (χ2v) is 3.68. The molecule has 0 amide bonds. The summed E-state index contributed by atoms with van der Waals surface area (Å²) in [5, 5.41) is 18.3. The smallest absolute Gasteiger partial charge is 0.423 e. The molecule has 0 saturated heterocycles. The first-order valence-corrected chi connectivity index (χ1v) is 5.11. The maximum atomic E-state index is 13.6. The van der Waals surface area contributed by atoms with Gasteiger partial charge in [-0.2, -0.15) is 0 Å². The molecule has 0 bridgehead atoms. The van der Waals surface area contributed by atoms with E-state index in [0.717, 1.165) is 12.1 Å². The predicted molar refractivity (Wildman–Crippen MR) is 61.6 cm³/mol. The van der Waals surface area contributed by atoms with Gasteiger partial charge >= 0.3 is 7.12 Å². The van der Waals surface area contributed by atoms with Crippen LogP contribution in [0.15, 0.2) is 36.4 Å². The van der Waals surface area contributed by atoms with E-state index in [-0.39, 0.29) is 16.6 Å². The summed E-state index contributed by atoms with van der Waals surface area (Å²) in [6, 6.07) is 7.65. The molecule has 0 spiro atoms. The summed E-state index contributed by atoms with van der Waals surface area (Å²) in [6.45, 7) is 0. The average molecular weight is 252 g/mol. The first-order chi connectivity index (χ1) is 8.52. The SMILES string of the molecule is OB(O)c1ccccc1-c1ccc(F)c(F)c1F. The summed E-state index contributed by atoms with van der Waals surface area (Å²) in [5.41, 5.74) is -0.107. The quantitative estimate of drug-likeness (QED) is 0.627. The maximum Gasteiger partial charge on any atom is 0.489 e. The zero-order valence-electron chi connectivity index (χ0n) is 9.07. The fourth-order valence-corrected chi connectivity index (χ4v) is 1.70. The molecular weight excluding hydrogens is 244 g/mol. The first-order valence-electron chi connectivity index (χ1n) is 5.11. The van der Waals surface area contributed by atoms with E-state index in [1.54, 1.807) is 0 Å². The molecule has 0 aliphatic heterocycles. The summed E-state index contributed by atoms with van der Waals surface area (Å²) in [5.74, 6) is -4.24. The van der Waals surface area contributed by atoms with Crippen LogP contribution in [0.1, 0.15) is 0 Å². The van der Waals surface area contributed by atoms with Crippen LogP contribution in [0.2, 0.25) is 0 Å². The highest BCUT2D eigenvalue weighted by atomic mass is 19.2. The molecule has 92 valence electrons. The van der Waals surface area contributed by atoms with Crippen LogP contribution in [-0.4, -0.2) is 17.2 Å². The average Bonchev–Trinajstić information content (AvgIpc) is 2.36. The molecule has 2 aromatic carbocycles. The van der Waals surface area contributed by atoms with E-state index in [9.17, 15) is 13.2 Å². The molecule has 2 aromatic rings. The van der Waals surface area contributed by atoms with Gasteiger partial charge in [-0.15, -0.1) is 0 Å². The molecular formula is C12H8BF3O2. The van der Waals surface area contributed by atoms with Crippen molar-refractivity contribution in [1.29, 1.82) is 0 Å². The molecule has 18 heavy (non-hydrogen) atoms. The van der Waals surface area contributed by atoms with Crippen molar-refractivity contribution in [3.8, 4) is 11.1 Å². The molecule has 0 atom stereocenters. The van der Waals surface area contributed by atoms with Crippen LogP contribution >= 0.6 is 0 Å². The molecule has 0 aliphatic rings. The Bertz CT molecular complexity index is 588. The van der Waals surface area contributed by atoms with Gasteiger partial charge in [0.15, 0.2) is 17.5 Å². The van der Waals surface area contributed by atoms with Gasteiger partial charge in [-0.3, -0.25) is 0 Å². The molecule has 2 rings (SSSR count). The third-order valence-corrected chi connectivity index (χ3v) is 2.56. The van der Waals surface area contributed by atoms with Gasteiger partial charge < -0.3 is 10.0 Å². The molecule has 6 heteroatoms. The second-order valence-electron chi connectivity index (χ2n) is 3.68. The second kappa shape index (κ2) is 4.84. The van der Waals surface area contributed by atoms with Crippen LogP contribution in [-0.2, 0) is 0 Å². The lowest BCUT2D eigenvalue weighted by molar-refractivity contribution is 0.426. The van der Waals surface area contributed by atoms with Crippen LogP contribution < -0.4 is 5.46 Å². The molecule has 0 unspecified atom stereocenters. The maximum absolute atomic E-state index is 13.6. The minimum atomic E-state index is -1.83. The van der Waals surface area contributed by atoms with Gasteiger partial charge in [-0.1, -0.05) is 24.3 Å². The van der Waals surface area contributed by atoms with Crippen molar-refractivity contribution in [3.05, 3.63) is 53.8 Å². The molecule has 0 aliphatic carbocycles. The van der Waals surface area contributed by atoms with Gasteiger partial charge in [-0.25, -0.2) is 13.2 Å². The molecule has 2 N–H and O–H groups in total. The van der Waals surface area contributed by atoms with Crippen LogP contribution in [0.3, 0.4) is 0 Å². The predicted octanol–water partition coefficient (Wildman–Crippen LogP) is 1.45. The Balaban J connectivity index is 2.66. The summed E-state index contributed by atoms with van der Waals surface area (Å²) < 4.78 is 39.6. The van der Waals surface area contributed by atoms with Crippen LogP contribution in [0, 0.1) is 17.5 Å². The number of halogens is 3. The third kappa shape index (κ3) is 2.12. The topological polar surface area (TPSA) is 40.5 Å². The van der Waals surface area contributed by atoms with Crippen molar-refractivity contribution in [2.75, 3.05) is 0 Å². The van der Waals surface area contributed by atoms with Crippen LogP contribution in [0.4, 0.5) is 13.2 Å². The Hall–Kier alpha value is -1.79. The number of hydrogen-bond donors (Lipinski definition) is 2. The summed E-state index contributed by atoms with van der Waals surface area (Å²) in [4.78, 5) is 0. The van der Waals surface area contributed by atoms with Crippen molar-refractivity contribution in [1.82, 2.24) is 0 Å². The largest absolute Gasteiger partial charge is 0.489 e. The lowest BCUT2D eigenvalue weighted by Crippen LogP contribution is -2.31. The lowest BCUT2D eigenvalue weighted by atomic mass is 9.75. The lowest BCUT2D eigenvalue weighted by Gasteiger charge is -2.10.